The number of para-hydroxylation sites is 2. The largest absolute Gasteiger partial charge is 0.490 e. The van der Waals surface area contributed by atoms with Crippen LogP contribution in [0.25, 0.3) is 0 Å². The predicted molar refractivity (Wildman–Crippen MR) is 65.6 cm³/mol. The summed E-state index contributed by atoms with van der Waals surface area (Å²) in [5.74, 6) is 1.61. The Bertz CT molecular complexity index is 500. The Morgan fingerprint density at radius 3 is 2.44 bits per heavy atom. The van der Waals surface area contributed by atoms with Crippen molar-refractivity contribution < 1.29 is 14.6 Å². The summed E-state index contributed by atoms with van der Waals surface area (Å²) in [6, 6.07) is 10.7. The van der Waals surface area contributed by atoms with Gasteiger partial charge in [-0.15, -0.1) is 10.2 Å². The zero-order chi connectivity index (χ0) is 12.8. The molecule has 0 bridgehead atoms. The van der Waals surface area contributed by atoms with Gasteiger partial charge >= 0.3 is 0 Å². The fourth-order valence-corrected chi connectivity index (χ4v) is 1.41. The minimum Gasteiger partial charge on any atom is -0.490 e. The molecule has 94 valence electrons. The summed E-state index contributed by atoms with van der Waals surface area (Å²) in [7, 11) is 0. The molecule has 2 rings (SSSR count). The van der Waals surface area contributed by atoms with E-state index in [4.69, 9.17) is 14.6 Å². The monoisotopic (exact) mass is 246 g/mol. The van der Waals surface area contributed by atoms with E-state index in [1.54, 1.807) is 18.2 Å². The second-order valence-corrected chi connectivity index (χ2v) is 3.50. The zero-order valence-corrected chi connectivity index (χ0v) is 10.0. The average molecular weight is 246 g/mol. The van der Waals surface area contributed by atoms with Crippen LogP contribution >= 0.6 is 0 Å². The Morgan fingerprint density at radius 2 is 1.83 bits per heavy atom. The fraction of sp³-hybridized carbons (Fsp3) is 0.231. The quantitative estimate of drug-likeness (QED) is 0.875. The van der Waals surface area contributed by atoms with Crippen LogP contribution in [0.2, 0.25) is 0 Å². The Labute approximate surface area is 105 Å². The van der Waals surface area contributed by atoms with Gasteiger partial charge in [0.2, 0.25) is 5.88 Å². The first-order valence-corrected chi connectivity index (χ1v) is 5.66. The second kappa shape index (κ2) is 5.97. The molecule has 1 aromatic carbocycles. The molecule has 0 unspecified atom stereocenters. The maximum absolute atomic E-state index is 8.87. The van der Waals surface area contributed by atoms with Crippen molar-refractivity contribution in [3.8, 4) is 17.4 Å². The van der Waals surface area contributed by atoms with Gasteiger partial charge in [-0.1, -0.05) is 12.1 Å². The fourth-order valence-electron chi connectivity index (χ4n) is 1.41. The highest BCUT2D eigenvalue weighted by Crippen LogP contribution is 2.29. The second-order valence-electron chi connectivity index (χ2n) is 3.50. The van der Waals surface area contributed by atoms with Crippen LogP contribution < -0.4 is 9.47 Å². The molecule has 1 N–H and O–H groups in total. The van der Waals surface area contributed by atoms with Crippen molar-refractivity contribution in [2.75, 3.05) is 6.61 Å². The van der Waals surface area contributed by atoms with Gasteiger partial charge in [0.25, 0.3) is 0 Å². The zero-order valence-electron chi connectivity index (χ0n) is 10.0. The van der Waals surface area contributed by atoms with Crippen LogP contribution in [0.5, 0.6) is 17.4 Å². The van der Waals surface area contributed by atoms with Gasteiger partial charge in [-0.05, 0) is 25.1 Å². The van der Waals surface area contributed by atoms with Gasteiger partial charge in [0.15, 0.2) is 11.5 Å². The Morgan fingerprint density at radius 1 is 1.06 bits per heavy atom. The van der Waals surface area contributed by atoms with Gasteiger partial charge < -0.3 is 14.6 Å². The molecule has 0 radical (unpaired) electrons. The lowest BCUT2D eigenvalue weighted by atomic mass is 10.3. The molecule has 0 aliphatic heterocycles. The molecule has 5 nitrogen and oxygen atoms in total. The van der Waals surface area contributed by atoms with E-state index in [9.17, 15) is 0 Å². The van der Waals surface area contributed by atoms with Crippen molar-refractivity contribution in [1.82, 2.24) is 10.2 Å². The number of aromatic nitrogens is 2. The molecule has 2 aromatic rings. The van der Waals surface area contributed by atoms with Crippen molar-refractivity contribution in [2.45, 2.75) is 13.5 Å². The molecule has 18 heavy (non-hydrogen) atoms. The number of hydrogen-bond acceptors (Lipinski definition) is 5. The van der Waals surface area contributed by atoms with Crippen LogP contribution in [0.1, 0.15) is 12.6 Å². The van der Waals surface area contributed by atoms with Gasteiger partial charge in [-0.25, -0.2) is 0 Å². The number of benzene rings is 1. The Hall–Kier alpha value is -2.14. The van der Waals surface area contributed by atoms with Gasteiger partial charge in [0, 0.05) is 6.07 Å². The van der Waals surface area contributed by atoms with Crippen LogP contribution in [0, 0.1) is 0 Å². The minimum atomic E-state index is -0.136. The number of rotatable bonds is 5. The van der Waals surface area contributed by atoms with Crippen molar-refractivity contribution in [2.24, 2.45) is 0 Å². The third-order valence-corrected chi connectivity index (χ3v) is 2.22. The van der Waals surface area contributed by atoms with Gasteiger partial charge in [-0.3, -0.25) is 0 Å². The van der Waals surface area contributed by atoms with Crippen LogP contribution in [0.4, 0.5) is 0 Å². The third kappa shape index (κ3) is 2.95. The van der Waals surface area contributed by atoms with Gasteiger partial charge in [0.1, 0.15) is 0 Å². The predicted octanol–water partition coefficient (Wildman–Crippen LogP) is 2.16. The molecule has 0 aliphatic rings. The van der Waals surface area contributed by atoms with E-state index in [2.05, 4.69) is 10.2 Å². The van der Waals surface area contributed by atoms with Crippen molar-refractivity contribution in [3.05, 3.63) is 42.1 Å². The highest BCUT2D eigenvalue weighted by atomic mass is 16.5. The summed E-state index contributed by atoms with van der Waals surface area (Å²) in [5.41, 5.74) is 0.500. The maximum Gasteiger partial charge on any atom is 0.239 e. The lowest BCUT2D eigenvalue weighted by Crippen LogP contribution is -1.97. The third-order valence-electron chi connectivity index (χ3n) is 2.22. The molecule has 0 aliphatic carbocycles. The first-order chi connectivity index (χ1) is 8.83. The summed E-state index contributed by atoms with van der Waals surface area (Å²) in [5, 5.41) is 16.5. The highest BCUT2D eigenvalue weighted by molar-refractivity contribution is 5.41. The lowest BCUT2D eigenvalue weighted by Gasteiger charge is -2.10. The highest BCUT2D eigenvalue weighted by Gasteiger charge is 2.06. The molecule has 0 amide bonds. The molecule has 1 aromatic heterocycles. The summed E-state index contributed by atoms with van der Waals surface area (Å²) < 4.78 is 11.0. The minimum absolute atomic E-state index is 0.136. The smallest absolute Gasteiger partial charge is 0.239 e. The number of aliphatic hydroxyl groups excluding tert-OH is 1. The van der Waals surface area contributed by atoms with E-state index in [0.29, 0.717) is 29.7 Å². The van der Waals surface area contributed by atoms with E-state index in [1.165, 1.54) is 0 Å². The van der Waals surface area contributed by atoms with Crippen molar-refractivity contribution in [3.63, 3.8) is 0 Å². The number of aliphatic hydroxyl groups is 1. The van der Waals surface area contributed by atoms with E-state index in [-0.39, 0.29) is 6.61 Å². The first-order valence-electron chi connectivity index (χ1n) is 5.66. The molecule has 0 atom stereocenters. The van der Waals surface area contributed by atoms with Crippen LogP contribution in [0.15, 0.2) is 36.4 Å². The molecular formula is C13H14N2O3. The normalized spacial score (nSPS) is 10.1. The molecule has 1 heterocycles. The molecule has 0 spiro atoms. The maximum atomic E-state index is 8.87. The Kier molecular flexibility index (Phi) is 4.09. The molecule has 5 heteroatoms. The topological polar surface area (TPSA) is 64.5 Å². The van der Waals surface area contributed by atoms with Crippen LogP contribution in [-0.4, -0.2) is 21.9 Å². The lowest BCUT2D eigenvalue weighted by molar-refractivity contribution is 0.274. The van der Waals surface area contributed by atoms with Crippen molar-refractivity contribution >= 4 is 0 Å². The van der Waals surface area contributed by atoms with Crippen LogP contribution in [-0.2, 0) is 6.61 Å². The summed E-state index contributed by atoms with van der Waals surface area (Å²) >= 11 is 0. The van der Waals surface area contributed by atoms with Gasteiger partial charge in [-0.2, -0.15) is 0 Å². The van der Waals surface area contributed by atoms with Crippen molar-refractivity contribution in [1.29, 1.82) is 0 Å². The Balaban J connectivity index is 2.17. The SMILES string of the molecule is CCOc1ccccc1Oc1ccc(CO)nn1. The van der Waals surface area contributed by atoms with E-state index in [0.717, 1.165) is 0 Å². The summed E-state index contributed by atoms with van der Waals surface area (Å²) in [6.07, 6.45) is 0. The number of ether oxygens (including phenoxy) is 2. The number of nitrogens with zero attached hydrogens (tertiary/aromatic N) is 2. The average Bonchev–Trinajstić information content (AvgIpc) is 2.42. The molecule has 0 saturated carbocycles. The molecular weight excluding hydrogens is 232 g/mol. The number of hydrogen-bond donors (Lipinski definition) is 1. The summed E-state index contributed by atoms with van der Waals surface area (Å²) in [4.78, 5) is 0. The first kappa shape index (κ1) is 12.3. The van der Waals surface area contributed by atoms with Crippen LogP contribution in [0.3, 0.4) is 0 Å². The summed E-state index contributed by atoms with van der Waals surface area (Å²) in [6.45, 7) is 2.34. The van der Waals surface area contributed by atoms with E-state index >= 15 is 0 Å². The molecule has 0 fully saturated rings. The van der Waals surface area contributed by atoms with E-state index in [1.807, 2.05) is 25.1 Å². The molecule has 0 saturated heterocycles. The van der Waals surface area contributed by atoms with E-state index < -0.39 is 0 Å². The van der Waals surface area contributed by atoms with Gasteiger partial charge in [0.05, 0.1) is 18.9 Å². The standard InChI is InChI=1S/C13H14N2O3/c1-2-17-11-5-3-4-6-12(11)18-13-8-7-10(9-16)14-15-13/h3-8,16H,2,9H2,1H3.